The number of amides is 1. The Labute approximate surface area is 117 Å². The van der Waals surface area contributed by atoms with Gasteiger partial charge in [-0.25, -0.2) is 4.98 Å². The molecule has 2 fully saturated rings. The van der Waals surface area contributed by atoms with Crippen LogP contribution in [0, 0.1) is 11.8 Å². The number of hydrogen-bond donors (Lipinski definition) is 2. The van der Waals surface area contributed by atoms with E-state index in [0.29, 0.717) is 24.4 Å². The van der Waals surface area contributed by atoms with Crippen molar-refractivity contribution in [3.05, 3.63) is 11.8 Å². The second kappa shape index (κ2) is 5.24. The Morgan fingerprint density at radius 2 is 2.20 bits per heavy atom. The number of anilines is 1. The Balaban J connectivity index is 1.83. The summed E-state index contributed by atoms with van der Waals surface area (Å²) < 4.78 is 5.40. The van der Waals surface area contributed by atoms with Crippen LogP contribution in [-0.4, -0.2) is 48.7 Å². The van der Waals surface area contributed by atoms with Gasteiger partial charge >= 0.3 is 0 Å². The number of fused-ring (bicyclic) bond motifs is 1. The van der Waals surface area contributed by atoms with Crippen molar-refractivity contribution in [3.63, 3.8) is 0 Å². The van der Waals surface area contributed by atoms with Gasteiger partial charge in [-0.15, -0.1) is 0 Å². The Bertz CT molecular complexity index is 509. The number of nitrogens with zero attached hydrogens (tertiary/aromatic N) is 3. The summed E-state index contributed by atoms with van der Waals surface area (Å²) in [5.41, 5.74) is 5.54. The first-order valence-corrected chi connectivity index (χ1v) is 6.94. The molecule has 2 aliphatic heterocycles. The van der Waals surface area contributed by atoms with Crippen molar-refractivity contribution in [2.24, 2.45) is 17.6 Å². The maximum Gasteiger partial charge on any atom is 0.255 e. The van der Waals surface area contributed by atoms with Gasteiger partial charge in [-0.05, 0) is 18.8 Å². The van der Waals surface area contributed by atoms with Gasteiger partial charge in [0.1, 0.15) is 5.56 Å². The van der Waals surface area contributed by atoms with Crippen molar-refractivity contribution in [1.29, 1.82) is 0 Å². The summed E-state index contributed by atoms with van der Waals surface area (Å²) in [5, 5.41) is 3.40. The lowest BCUT2D eigenvalue weighted by Gasteiger charge is -2.18. The summed E-state index contributed by atoms with van der Waals surface area (Å²) in [6.07, 6.45) is 1.46. The van der Waals surface area contributed by atoms with Crippen LogP contribution >= 0.6 is 0 Å². The van der Waals surface area contributed by atoms with Gasteiger partial charge in [0.15, 0.2) is 0 Å². The number of hydrogen-bond acceptors (Lipinski definition) is 6. The molecule has 2 aliphatic rings. The molecule has 0 spiro atoms. The second-order valence-electron chi connectivity index (χ2n) is 5.27. The predicted octanol–water partition coefficient (Wildman–Crippen LogP) is -0.370. The van der Waals surface area contributed by atoms with Crippen LogP contribution in [0.15, 0.2) is 6.20 Å². The van der Waals surface area contributed by atoms with E-state index >= 15 is 0 Å². The van der Waals surface area contributed by atoms with Gasteiger partial charge in [0.05, 0.1) is 6.61 Å². The van der Waals surface area contributed by atoms with E-state index in [-0.39, 0.29) is 11.4 Å². The van der Waals surface area contributed by atoms with Gasteiger partial charge in [0, 0.05) is 32.4 Å². The standard InChI is InChI=1S/C13H19N5O2/c1-2-20-12-10(11(14)19)5-16-13(17-12)18-6-8-3-15-4-9(8)7-18/h5,8-9,15H,2-4,6-7H2,1H3,(H2,14,19). The van der Waals surface area contributed by atoms with Crippen molar-refractivity contribution in [3.8, 4) is 5.88 Å². The summed E-state index contributed by atoms with van der Waals surface area (Å²) in [6, 6.07) is 0. The van der Waals surface area contributed by atoms with E-state index in [0.717, 1.165) is 26.2 Å². The molecule has 0 bridgehead atoms. The van der Waals surface area contributed by atoms with E-state index in [1.165, 1.54) is 6.20 Å². The fourth-order valence-electron chi connectivity index (χ4n) is 2.94. The van der Waals surface area contributed by atoms with Gasteiger partial charge in [0.25, 0.3) is 5.91 Å². The largest absolute Gasteiger partial charge is 0.477 e. The normalized spacial score (nSPS) is 24.8. The molecule has 0 radical (unpaired) electrons. The fraction of sp³-hybridized carbons (Fsp3) is 0.615. The van der Waals surface area contributed by atoms with Crippen LogP contribution in [0.25, 0.3) is 0 Å². The molecule has 3 rings (SSSR count). The van der Waals surface area contributed by atoms with Gasteiger partial charge < -0.3 is 20.7 Å². The zero-order chi connectivity index (χ0) is 14.1. The first kappa shape index (κ1) is 13.1. The van der Waals surface area contributed by atoms with Crippen molar-refractivity contribution in [2.45, 2.75) is 6.92 Å². The van der Waals surface area contributed by atoms with E-state index in [4.69, 9.17) is 10.5 Å². The van der Waals surface area contributed by atoms with E-state index < -0.39 is 5.91 Å². The number of rotatable bonds is 4. The maximum atomic E-state index is 11.3. The smallest absolute Gasteiger partial charge is 0.255 e. The summed E-state index contributed by atoms with van der Waals surface area (Å²) in [7, 11) is 0. The molecule has 7 nitrogen and oxygen atoms in total. The predicted molar refractivity (Wildman–Crippen MR) is 73.8 cm³/mol. The molecular formula is C13H19N5O2. The number of ether oxygens (including phenoxy) is 1. The maximum absolute atomic E-state index is 11.3. The van der Waals surface area contributed by atoms with Crippen molar-refractivity contribution in [2.75, 3.05) is 37.7 Å². The summed E-state index contributed by atoms with van der Waals surface area (Å²) in [4.78, 5) is 22.1. The number of carbonyl (C=O) groups is 1. The fourth-order valence-corrected chi connectivity index (χ4v) is 2.94. The molecule has 2 atom stereocenters. The zero-order valence-corrected chi connectivity index (χ0v) is 11.5. The molecule has 20 heavy (non-hydrogen) atoms. The highest BCUT2D eigenvalue weighted by atomic mass is 16.5. The lowest BCUT2D eigenvalue weighted by atomic mass is 10.0. The van der Waals surface area contributed by atoms with Gasteiger partial charge in [-0.2, -0.15) is 4.98 Å². The summed E-state index contributed by atoms with van der Waals surface area (Å²) >= 11 is 0. The molecule has 2 unspecified atom stereocenters. The van der Waals surface area contributed by atoms with Gasteiger partial charge in [-0.1, -0.05) is 0 Å². The second-order valence-corrected chi connectivity index (χ2v) is 5.27. The third-order valence-electron chi connectivity index (χ3n) is 3.96. The molecule has 2 saturated heterocycles. The minimum Gasteiger partial charge on any atom is -0.477 e. The molecule has 3 heterocycles. The van der Waals surface area contributed by atoms with Gasteiger partial charge in [-0.3, -0.25) is 4.79 Å². The Morgan fingerprint density at radius 1 is 1.50 bits per heavy atom. The molecule has 1 amide bonds. The van der Waals surface area contributed by atoms with Crippen LogP contribution in [0.5, 0.6) is 5.88 Å². The van der Waals surface area contributed by atoms with Crippen LogP contribution < -0.4 is 20.7 Å². The van der Waals surface area contributed by atoms with E-state index in [9.17, 15) is 4.79 Å². The molecule has 7 heteroatoms. The van der Waals surface area contributed by atoms with E-state index in [2.05, 4.69) is 20.2 Å². The molecule has 0 aliphatic carbocycles. The molecule has 1 aromatic rings. The van der Waals surface area contributed by atoms with Crippen LogP contribution in [-0.2, 0) is 0 Å². The number of carbonyl (C=O) groups excluding carboxylic acids is 1. The van der Waals surface area contributed by atoms with Crippen molar-refractivity contribution in [1.82, 2.24) is 15.3 Å². The zero-order valence-electron chi connectivity index (χ0n) is 11.5. The van der Waals surface area contributed by atoms with Crippen LogP contribution in [0.3, 0.4) is 0 Å². The average molecular weight is 277 g/mol. The third kappa shape index (κ3) is 2.29. The highest BCUT2D eigenvalue weighted by molar-refractivity contribution is 5.94. The van der Waals surface area contributed by atoms with Crippen LogP contribution in [0.1, 0.15) is 17.3 Å². The van der Waals surface area contributed by atoms with Crippen LogP contribution in [0.2, 0.25) is 0 Å². The number of nitrogens with one attached hydrogen (secondary N) is 1. The van der Waals surface area contributed by atoms with Crippen molar-refractivity contribution < 1.29 is 9.53 Å². The third-order valence-corrected chi connectivity index (χ3v) is 3.96. The number of nitrogens with two attached hydrogens (primary N) is 1. The molecule has 108 valence electrons. The first-order chi connectivity index (χ1) is 9.69. The molecule has 1 aromatic heterocycles. The monoisotopic (exact) mass is 277 g/mol. The lowest BCUT2D eigenvalue weighted by molar-refractivity contribution is 0.0995. The topological polar surface area (TPSA) is 93.4 Å². The van der Waals surface area contributed by atoms with E-state index in [1.54, 1.807) is 0 Å². The molecule has 0 saturated carbocycles. The minimum atomic E-state index is -0.567. The highest BCUT2D eigenvalue weighted by Crippen LogP contribution is 2.29. The number of primary amides is 1. The summed E-state index contributed by atoms with van der Waals surface area (Å²) in [6.45, 7) is 6.28. The Morgan fingerprint density at radius 3 is 2.80 bits per heavy atom. The van der Waals surface area contributed by atoms with Crippen LogP contribution in [0.4, 0.5) is 5.95 Å². The average Bonchev–Trinajstić information content (AvgIpc) is 2.99. The quantitative estimate of drug-likeness (QED) is 0.780. The Hall–Kier alpha value is -1.89. The first-order valence-electron chi connectivity index (χ1n) is 6.94. The van der Waals surface area contributed by atoms with Gasteiger partial charge in [0.2, 0.25) is 11.8 Å². The lowest BCUT2D eigenvalue weighted by Crippen LogP contribution is -2.27. The molecule has 3 N–H and O–H groups in total. The van der Waals surface area contributed by atoms with Crippen molar-refractivity contribution >= 4 is 11.9 Å². The Kier molecular flexibility index (Phi) is 3.43. The minimum absolute atomic E-state index is 0.233. The highest BCUT2D eigenvalue weighted by Gasteiger charge is 2.37. The summed E-state index contributed by atoms with van der Waals surface area (Å²) in [5.74, 6) is 1.64. The number of aromatic nitrogens is 2. The SMILES string of the molecule is CCOc1nc(N2CC3CNCC3C2)ncc1C(N)=O. The molecular weight excluding hydrogens is 258 g/mol. The molecule has 0 aromatic carbocycles. The van der Waals surface area contributed by atoms with E-state index in [1.807, 2.05) is 6.92 Å².